The fourth-order valence-corrected chi connectivity index (χ4v) is 3.57. The molecule has 0 radical (unpaired) electrons. The van der Waals surface area contributed by atoms with E-state index in [9.17, 15) is 18.0 Å². The molecule has 8 heteroatoms. The molecule has 0 saturated heterocycles. The van der Waals surface area contributed by atoms with Crippen molar-refractivity contribution < 1.29 is 22.7 Å². The van der Waals surface area contributed by atoms with E-state index < -0.39 is 28.6 Å². The number of Topliss-reactive ketones (excluding diaryl/α,β-unsaturated/α-hetero) is 1. The van der Waals surface area contributed by atoms with Crippen molar-refractivity contribution in [1.29, 1.82) is 0 Å². The Morgan fingerprint density at radius 1 is 1.12 bits per heavy atom. The standard InChI is InChI=1S/C17H16BrNO5S/c1-12(17(21)13-6-3-2-4-7-13)24-16(20)11-19-25(22,23)15-9-5-8-14(18)10-15/h2-10,12,19H,11H2,1H3. The second-order valence-corrected chi connectivity index (χ2v) is 7.83. The van der Waals surface area contributed by atoms with Crippen LogP contribution in [-0.2, 0) is 19.6 Å². The first-order valence-electron chi connectivity index (χ1n) is 7.33. The number of hydrogen-bond acceptors (Lipinski definition) is 5. The summed E-state index contributed by atoms with van der Waals surface area (Å²) in [7, 11) is -3.85. The molecule has 132 valence electrons. The van der Waals surface area contributed by atoms with Gasteiger partial charge in [0, 0.05) is 10.0 Å². The molecule has 2 aromatic rings. The monoisotopic (exact) mass is 425 g/mol. The van der Waals surface area contributed by atoms with Gasteiger partial charge in [0.15, 0.2) is 6.10 Å². The lowest BCUT2D eigenvalue weighted by Crippen LogP contribution is -2.34. The topological polar surface area (TPSA) is 89.5 Å². The number of halogens is 1. The van der Waals surface area contributed by atoms with Gasteiger partial charge in [-0.3, -0.25) is 9.59 Å². The molecule has 1 atom stereocenters. The van der Waals surface area contributed by atoms with Gasteiger partial charge in [0.1, 0.15) is 6.54 Å². The van der Waals surface area contributed by atoms with Crippen molar-refractivity contribution >= 4 is 37.7 Å². The summed E-state index contributed by atoms with van der Waals surface area (Å²) >= 11 is 3.18. The molecule has 0 bridgehead atoms. The second-order valence-electron chi connectivity index (χ2n) is 5.14. The van der Waals surface area contributed by atoms with Crippen molar-refractivity contribution in [1.82, 2.24) is 4.72 Å². The highest BCUT2D eigenvalue weighted by Gasteiger charge is 2.21. The number of rotatable bonds is 7. The zero-order valence-corrected chi connectivity index (χ0v) is 15.7. The van der Waals surface area contributed by atoms with E-state index in [0.717, 1.165) is 0 Å². The van der Waals surface area contributed by atoms with Crippen molar-refractivity contribution in [3.05, 3.63) is 64.6 Å². The van der Waals surface area contributed by atoms with Crippen LogP contribution in [0.1, 0.15) is 17.3 Å². The Morgan fingerprint density at radius 3 is 2.44 bits per heavy atom. The van der Waals surface area contributed by atoms with Gasteiger partial charge < -0.3 is 4.74 Å². The number of carbonyl (C=O) groups excluding carboxylic acids is 2. The Hall–Kier alpha value is -2.03. The minimum absolute atomic E-state index is 0.0167. The number of sulfonamides is 1. The van der Waals surface area contributed by atoms with E-state index in [2.05, 4.69) is 20.7 Å². The third kappa shape index (κ3) is 5.48. The minimum atomic E-state index is -3.85. The van der Waals surface area contributed by atoms with E-state index in [4.69, 9.17) is 4.74 Å². The second kappa shape index (κ2) is 8.37. The van der Waals surface area contributed by atoms with Crippen molar-refractivity contribution in [3.63, 3.8) is 0 Å². The molecule has 0 heterocycles. The van der Waals surface area contributed by atoms with Crippen LogP contribution in [0.15, 0.2) is 64.0 Å². The highest BCUT2D eigenvalue weighted by molar-refractivity contribution is 9.10. The Kier molecular flexibility index (Phi) is 6.46. The van der Waals surface area contributed by atoms with Crippen molar-refractivity contribution in [3.8, 4) is 0 Å². The van der Waals surface area contributed by atoms with Gasteiger partial charge >= 0.3 is 5.97 Å². The summed E-state index contributed by atoms with van der Waals surface area (Å²) in [5, 5.41) is 0. The molecule has 6 nitrogen and oxygen atoms in total. The molecule has 0 fully saturated rings. The van der Waals surface area contributed by atoms with E-state index in [-0.39, 0.29) is 10.7 Å². The summed E-state index contributed by atoms with van der Waals surface area (Å²) < 4.78 is 32.0. The summed E-state index contributed by atoms with van der Waals surface area (Å²) in [4.78, 5) is 24.0. The van der Waals surface area contributed by atoms with Gasteiger partial charge in [-0.25, -0.2) is 8.42 Å². The Bertz CT molecular complexity index is 868. The fourth-order valence-electron chi connectivity index (χ4n) is 2.00. The summed E-state index contributed by atoms with van der Waals surface area (Å²) in [6.45, 7) is 0.872. The van der Waals surface area contributed by atoms with Gasteiger partial charge in [0.2, 0.25) is 15.8 Å². The fraction of sp³-hybridized carbons (Fsp3) is 0.176. The SMILES string of the molecule is CC(OC(=O)CNS(=O)(=O)c1cccc(Br)c1)C(=O)c1ccccc1. The number of hydrogen-bond donors (Lipinski definition) is 1. The van der Waals surface area contributed by atoms with Gasteiger partial charge in [-0.1, -0.05) is 52.3 Å². The van der Waals surface area contributed by atoms with Gasteiger partial charge in [-0.05, 0) is 25.1 Å². The number of ketones is 1. The van der Waals surface area contributed by atoms with Crippen molar-refractivity contribution in [2.24, 2.45) is 0 Å². The lowest BCUT2D eigenvalue weighted by atomic mass is 10.1. The smallest absolute Gasteiger partial charge is 0.321 e. The largest absolute Gasteiger partial charge is 0.453 e. The van der Waals surface area contributed by atoms with Crippen molar-refractivity contribution in [2.75, 3.05) is 6.54 Å². The molecule has 2 rings (SSSR count). The molecule has 0 aliphatic rings. The molecule has 0 saturated carbocycles. The van der Waals surface area contributed by atoms with Crippen LogP contribution in [0.3, 0.4) is 0 Å². The zero-order chi connectivity index (χ0) is 18.4. The maximum Gasteiger partial charge on any atom is 0.321 e. The van der Waals surface area contributed by atoms with Crippen LogP contribution >= 0.6 is 15.9 Å². The van der Waals surface area contributed by atoms with Crippen LogP contribution in [-0.4, -0.2) is 32.8 Å². The first-order valence-corrected chi connectivity index (χ1v) is 9.61. The predicted molar refractivity (Wildman–Crippen MR) is 95.7 cm³/mol. The van der Waals surface area contributed by atoms with E-state index in [0.29, 0.717) is 10.0 Å². The van der Waals surface area contributed by atoms with Gasteiger partial charge in [0.05, 0.1) is 4.90 Å². The number of esters is 1. The Balaban J connectivity index is 1.93. The van der Waals surface area contributed by atoms with Gasteiger partial charge in [-0.15, -0.1) is 0 Å². The molecule has 25 heavy (non-hydrogen) atoms. The lowest BCUT2D eigenvalue weighted by Gasteiger charge is -2.13. The first-order chi connectivity index (χ1) is 11.8. The molecule has 1 N–H and O–H groups in total. The van der Waals surface area contributed by atoms with E-state index in [1.54, 1.807) is 42.5 Å². The Morgan fingerprint density at radius 2 is 1.80 bits per heavy atom. The third-order valence-electron chi connectivity index (χ3n) is 3.25. The predicted octanol–water partition coefficient (Wildman–Crippen LogP) is 2.54. The van der Waals surface area contributed by atoms with E-state index in [1.165, 1.54) is 19.1 Å². The number of carbonyl (C=O) groups is 2. The van der Waals surface area contributed by atoms with Crippen LogP contribution in [0.25, 0.3) is 0 Å². The third-order valence-corrected chi connectivity index (χ3v) is 5.14. The molecule has 0 aromatic heterocycles. The average Bonchev–Trinajstić information content (AvgIpc) is 2.60. The molecule has 0 spiro atoms. The summed E-state index contributed by atoms with van der Waals surface area (Å²) in [6.07, 6.45) is -1.01. The molecule has 1 unspecified atom stereocenters. The van der Waals surface area contributed by atoms with E-state index in [1.807, 2.05) is 0 Å². The maximum atomic E-state index is 12.1. The van der Waals surface area contributed by atoms with Crippen LogP contribution in [0.5, 0.6) is 0 Å². The molecule has 0 aliphatic carbocycles. The molecular formula is C17H16BrNO5S. The lowest BCUT2D eigenvalue weighted by molar-refractivity contribution is -0.144. The van der Waals surface area contributed by atoms with Crippen LogP contribution in [0.2, 0.25) is 0 Å². The summed E-state index contributed by atoms with van der Waals surface area (Å²) in [5.74, 6) is -1.20. The van der Waals surface area contributed by atoms with Gasteiger partial charge in [-0.2, -0.15) is 4.72 Å². The highest BCUT2D eigenvalue weighted by Crippen LogP contribution is 2.15. The minimum Gasteiger partial charge on any atom is -0.453 e. The quantitative estimate of drug-likeness (QED) is 0.543. The highest BCUT2D eigenvalue weighted by atomic mass is 79.9. The number of benzene rings is 2. The summed E-state index contributed by atoms with van der Waals surface area (Å²) in [5.41, 5.74) is 0.414. The van der Waals surface area contributed by atoms with E-state index >= 15 is 0 Å². The summed E-state index contributed by atoms with van der Waals surface area (Å²) in [6, 6.07) is 14.5. The number of nitrogens with one attached hydrogen (secondary N) is 1. The Labute approximate surface area is 154 Å². The van der Waals surface area contributed by atoms with Gasteiger partial charge in [0.25, 0.3) is 0 Å². The molecular weight excluding hydrogens is 410 g/mol. The molecule has 0 amide bonds. The normalized spacial score (nSPS) is 12.4. The molecule has 2 aromatic carbocycles. The number of ether oxygens (including phenoxy) is 1. The maximum absolute atomic E-state index is 12.1. The van der Waals surface area contributed by atoms with Crippen molar-refractivity contribution in [2.45, 2.75) is 17.9 Å². The van der Waals surface area contributed by atoms with Crippen LogP contribution in [0, 0.1) is 0 Å². The zero-order valence-electron chi connectivity index (χ0n) is 13.3. The van der Waals surface area contributed by atoms with Crippen LogP contribution in [0.4, 0.5) is 0 Å². The first kappa shape index (κ1) is 19.3. The molecule has 0 aliphatic heterocycles. The van der Waals surface area contributed by atoms with Crippen LogP contribution < -0.4 is 4.72 Å². The average molecular weight is 426 g/mol.